The van der Waals surface area contributed by atoms with E-state index in [0.717, 1.165) is 55.1 Å². The van der Waals surface area contributed by atoms with Crippen LogP contribution in [0.5, 0.6) is 11.5 Å². The van der Waals surface area contributed by atoms with Gasteiger partial charge < -0.3 is 14.6 Å². The molecule has 0 saturated carbocycles. The maximum absolute atomic E-state index is 10.7. The van der Waals surface area contributed by atoms with Crippen molar-refractivity contribution in [3.8, 4) is 11.5 Å². The SMILES string of the molecule is Cc1c(C)c2c(c(C)c1OCCCCCC(=O)O)CCC(C)(C=CCC(C)CCCC(C)C)O2. The Morgan fingerprint density at radius 3 is 2.47 bits per heavy atom. The number of ether oxygens (including phenoxy) is 2. The summed E-state index contributed by atoms with van der Waals surface area (Å²) in [7, 11) is 0. The second kappa shape index (κ2) is 13.2. The van der Waals surface area contributed by atoms with Crippen LogP contribution in [0.4, 0.5) is 0 Å². The van der Waals surface area contributed by atoms with Crippen molar-refractivity contribution in [2.24, 2.45) is 11.8 Å². The number of allylic oxidation sites excluding steroid dienone is 1. The quantitative estimate of drug-likeness (QED) is 0.219. The summed E-state index contributed by atoms with van der Waals surface area (Å²) in [6.45, 7) is 16.2. The van der Waals surface area contributed by atoms with Gasteiger partial charge in [0.1, 0.15) is 17.1 Å². The van der Waals surface area contributed by atoms with Crippen LogP contribution in [0.3, 0.4) is 0 Å². The van der Waals surface area contributed by atoms with Crippen molar-refractivity contribution in [2.45, 2.75) is 118 Å². The summed E-state index contributed by atoms with van der Waals surface area (Å²) >= 11 is 0. The highest BCUT2D eigenvalue weighted by molar-refractivity contribution is 5.66. The topological polar surface area (TPSA) is 55.8 Å². The number of carboxylic acids is 1. The molecule has 4 nitrogen and oxygen atoms in total. The molecule has 0 radical (unpaired) electrons. The summed E-state index contributed by atoms with van der Waals surface area (Å²) < 4.78 is 12.8. The molecule has 2 atom stereocenters. The van der Waals surface area contributed by atoms with E-state index in [-0.39, 0.29) is 12.0 Å². The lowest BCUT2D eigenvalue weighted by molar-refractivity contribution is -0.137. The monoisotopic (exact) mass is 472 g/mol. The molecule has 1 heterocycles. The summed E-state index contributed by atoms with van der Waals surface area (Å²) in [6, 6.07) is 0. The molecule has 0 amide bonds. The van der Waals surface area contributed by atoms with Crippen molar-refractivity contribution < 1.29 is 19.4 Å². The van der Waals surface area contributed by atoms with E-state index < -0.39 is 5.97 Å². The van der Waals surface area contributed by atoms with Crippen molar-refractivity contribution in [1.29, 1.82) is 0 Å². The van der Waals surface area contributed by atoms with Crippen LogP contribution < -0.4 is 9.47 Å². The van der Waals surface area contributed by atoms with Gasteiger partial charge in [0.15, 0.2) is 0 Å². The van der Waals surface area contributed by atoms with E-state index in [0.29, 0.717) is 18.9 Å². The minimum atomic E-state index is -0.726. The molecule has 0 aromatic heterocycles. The molecule has 2 unspecified atom stereocenters. The number of aliphatic carboxylic acids is 1. The van der Waals surface area contributed by atoms with E-state index in [9.17, 15) is 4.79 Å². The fraction of sp³-hybridized carbons (Fsp3) is 0.700. The van der Waals surface area contributed by atoms with Gasteiger partial charge in [-0.25, -0.2) is 0 Å². The summed E-state index contributed by atoms with van der Waals surface area (Å²) in [6.07, 6.45) is 14.3. The minimum Gasteiger partial charge on any atom is -0.493 e. The first-order valence-corrected chi connectivity index (χ1v) is 13.4. The number of carbonyl (C=O) groups is 1. The molecule has 4 heteroatoms. The summed E-state index contributed by atoms with van der Waals surface area (Å²) in [4.78, 5) is 10.7. The molecule has 2 rings (SSSR count). The largest absolute Gasteiger partial charge is 0.493 e. The van der Waals surface area contributed by atoms with Gasteiger partial charge in [-0.3, -0.25) is 4.79 Å². The second-order valence-electron chi connectivity index (χ2n) is 11.0. The molecule has 192 valence electrons. The Kier molecular flexibility index (Phi) is 11.0. The van der Waals surface area contributed by atoms with Gasteiger partial charge in [0.05, 0.1) is 6.61 Å². The van der Waals surface area contributed by atoms with Gasteiger partial charge >= 0.3 is 5.97 Å². The van der Waals surface area contributed by atoms with Crippen LogP contribution in [0.2, 0.25) is 0 Å². The van der Waals surface area contributed by atoms with Gasteiger partial charge in [-0.05, 0) is 101 Å². The van der Waals surface area contributed by atoms with Gasteiger partial charge in [0, 0.05) is 12.0 Å². The number of fused-ring (bicyclic) bond motifs is 1. The molecular formula is C30H48O4. The molecule has 1 aromatic carbocycles. The van der Waals surface area contributed by atoms with Gasteiger partial charge in [0.25, 0.3) is 0 Å². The number of unbranched alkanes of at least 4 members (excludes halogenated alkanes) is 2. The molecule has 1 aromatic rings. The molecule has 1 aliphatic heterocycles. The fourth-order valence-electron chi connectivity index (χ4n) is 4.86. The van der Waals surface area contributed by atoms with E-state index in [1.807, 2.05) is 0 Å². The third-order valence-corrected chi connectivity index (χ3v) is 7.29. The van der Waals surface area contributed by atoms with Crippen LogP contribution in [-0.4, -0.2) is 23.3 Å². The Balaban J connectivity index is 1.99. The maximum Gasteiger partial charge on any atom is 0.303 e. The second-order valence-corrected chi connectivity index (χ2v) is 11.0. The van der Waals surface area contributed by atoms with Crippen LogP contribution in [-0.2, 0) is 11.2 Å². The smallest absolute Gasteiger partial charge is 0.303 e. The van der Waals surface area contributed by atoms with Crippen LogP contribution in [0, 0.1) is 32.6 Å². The summed E-state index contributed by atoms with van der Waals surface area (Å²) in [5, 5.41) is 8.77. The average molecular weight is 473 g/mol. The highest BCUT2D eigenvalue weighted by Gasteiger charge is 2.32. The van der Waals surface area contributed by atoms with Crippen LogP contribution in [0.25, 0.3) is 0 Å². The Morgan fingerprint density at radius 2 is 1.79 bits per heavy atom. The molecule has 0 saturated heterocycles. The van der Waals surface area contributed by atoms with Crippen LogP contribution in [0.1, 0.15) is 108 Å². The first-order valence-electron chi connectivity index (χ1n) is 13.4. The van der Waals surface area contributed by atoms with Crippen molar-refractivity contribution in [1.82, 2.24) is 0 Å². The first-order chi connectivity index (χ1) is 16.0. The van der Waals surface area contributed by atoms with Crippen molar-refractivity contribution in [2.75, 3.05) is 6.61 Å². The highest BCUT2D eigenvalue weighted by atomic mass is 16.5. The number of hydrogen-bond acceptors (Lipinski definition) is 3. The molecule has 0 aliphatic carbocycles. The van der Waals surface area contributed by atoms with Crippen LogP contribution >= 0.6 is 0 Å². The maximum atomic E-state index is 10.7. The normalized spacial score (nSPS) is 18.7. The Bertz CT molecular complexity index is 839. The van der Waals surface area contributed by atoms with Crippen molar-refractivity contribution in [3.63, 3.8) is 0 Å². The minimum absolute atomic E-state index is 0.234. The van der Waals surface area contributed by atoms with Gasteiger partial charge in [-0.1, -0.05) is 46.1 Å². The Labute approximate surface area is 208 Å². The van der Waals surface area contributed by atoms with Gasteiger partial charge in [-0.15, -0.1) is 0 Å². The van der Waals surface area contributed by atoms with Crippen molar-refractivity contribution in [3.05, 3.63) is 34.4 Å². The van der Waals surface area contributed by atoms with Gasteiger partial charge in [-0.2, -0.15) is 0 Å². The molecule has 0 spiro atoms. The number of rotatable bonds is 14. The third kappa shape index (κ3) is 8.36. The zero-order valence-corrected chi connectivity index (χ0v) is 22.8. The lowest BCUT2D eigenvalue weighted by atomic mass is 9.86. The van der Waals surface area contributed by atoms with Gasteiger partial charge in [0.2, 0.25) is 0 Å². The summed E-state index contributed by atoms with van der Waals surface area (Å²) in [5.74, 6) is 2.79. The Morgan fingerprint density at radius 1 is 1.06 bits per heavy atom. The van der Waals surface area contributed by atoms with Crippen molar-refractivity contribution >= 4 is 5.97 Å². The average Bonchev–Trinajstić information content (AvgIpc) is 2.76. The lowest BCUT2D eigenvalue weighted by Crippen LogP contribution is -2.35. The predicted octanol–water partition coefficient (Wildman–Crippen LogP) is 8.13. The first kappa shape index (κ1) is 28.3. The van der Waals surface area contributed by atoms with E-state index in [2.05, 4.69) is 60.6 Å². The lowest BCUT2D eigenvalue weighted by Gasteiger charge is -2.36. The Hall–Kier alpha value is -1.97. The van der Waals surface area contributed by atoms with E-state index in [4.69, 9.17) is 14.6 Å². The number of hydrogen-bond donors (Lipinski definition) is 1. The van der Waals surface area contributed by atoms with Crippen LogP contribution in [0.15, 0.2) is 12.2 Å². The number of benzene rings is 1. The number of carboxylic acid groups (broad SMARTS) is 1. The molecule has 34 heavy (non-hydrogen) atoms. The molecule has 0 fully saturated rings. The van der Waals surface area contributed by atoms with E-state index >= 15 is 0 Å². The molecule has 1 aliphatic rings. The molecule has 0 bridgehead atoms. The fourth-order valence-corrected chi connectivity index (χ4v) is 4.86. The zero-order chi connectivity index (χ0) is 25.3. The predicted molar refractivity (Wildman–Crippen MR) is 141 cm³/mol. The molecular weight excluding hydrogens is 424 g/mol. The zero-order valence-electron chi connectivity index (χ0n) is 22.8. The standard InChI is InChI=1S/C30H48O4/c1-21(2)13-11-14-22(3)15-12-18-30(7)19-17-26-25(6)28(23(4)24(5)29(26)34-30)33-20-10-8-9-16-27(31)32/h12,18,21-22H,8-11,13-17,19-20H2,1-7H3,(H,31,32). The van der Waals surface area contributed by atoms with E-state index in [1.54, 1.807) is 0 Å². The van der Waals surface area contributed by atoms with E-state index in [1.165, 1.54) is 36.0 Å². The highest BCUT2D eigenvalue weighted by Crippen LogP contribution is 2.44. The summed E-state index contributed by atoms with van der Waals surface area (Å²) in [5.41, 5.74) is 4.52. The molecule has 1 N–H and O–H groups in total. The third-order valence-electron chi connectivity index (χ3n) is 7.29.